The van der Waals surface area contributed by atoms with E-state index in [9.17, 15) is 14.4 Å². The Morgan fingerprint density at radius 2 is 1.88 bits per heavy atom. The van der Waals surface area contributed by atoms with E-state index in [1.54, 1.807) is 20.8 Å². The van der Waals surface area contributed by atoms with Crippen LogP contribution in [0, 0.1) is 5.92 Å². The van der Waals surface area contributed by atoms with Crippen molar-refractivity contribution in [3.05, 3.63) is 58.5 Å². The van der Waals surface area contributed by atoms with Gasteiger partial charge in [-0.15, -0.1) is 0 Å². The minimum Gasteiger partial charge on any atom is -0.469 e. The molecule has 1 heterocycles. The molecule has 0 N–H and O–H groups in total. The third-order valence-electron chi connectivity index (χ3n) is 5.77. The number of hydrogen-bond donors (Lipinski definition) is 0. The number of carbonyl (C=O) groups is 3. The van der Waals surface area contributed by atoms with Gasteiger partial charge in [-0.2, -0.15) is 0 Å². The Labute approximate surface area is 198 Å². The third kappa shape index (κ3) is 6.26. The van der Waals surface area contributed by atoms with Gasteiger partial charge in [0.1, 0.15) is 5.60 Å². The molecule has 1 amide bonds. The summed E-state index contributed by atoms with van der Waals surface area (Å²) < 4.78 is 10.4. The van der Waals surface area contributed by atoms with Gasteiger partial charge < -0.3 is 9.47 Å². The van der Waals surface area contributed by atoms with Gasteiger partial charge in [-0.05, 0) is 55.5 Å². The molecule has 0 saturated carbocycles. The van der Waals surface area contributed by atoms with E-state index in [-0.39, 0.29) is 25.2 Å². The van der Waals surface area contributed by atoms with E-state index in [1.165, 1.54) is 12.0 Å². The second-order valence-corrected chi connectivity index (χ2v) is 9.52. The van der Waals surface area contributed by atoms with Gasteiger partial charge in [-0.25, -0.2) is 4.79 Å². The fourth-order valence-corrected chi connectivity index (χ4v) is 4.23. The molecule has 3 rings (SSSR count). The van der Waals surface area contributed by atoms with E-state index in [0.717, 1.165) is 16.3 Å². The molecule has 2 aromatic carbocycles. The van der Waals surface area contributed by atoms with Gasteiger partial charge in [0, 0.05) is 17.9 Å². The van der Waals surface area contributed by atoms with Gasteiger partial charge in [-0.3, -0.25) is 14.5 Å². The molecule has 1 fully saturated rings. The van der Waals surface area contributed by atoms with Gasteiger partial charge in [0.15, 0.2) is 5.78 Å². The number of hydrogen-bond acceptors (Lipinski definition) is 6. The average Bonchev–Trinajstić information content (AvgIpc) is 3.21. The number of esters is 1. The number of Topliss-reactive ketones (excluding diaryl/α,β-unsaturated/α-hetero) is 1. The van der Waals surface area contributed by atoms with Crippen molar-refractivity contribution in [2.24, 2.45) is 11.0 Å². The first kappa shape index (κ1) is 25.1. The number of azide groups is 1. The topological polar surface area (TPSA) is 122 Å². The van der Waals surface area contributed by atoms with Crippen molar-refractivity contribution in [1.29, 1.82) is 0 Å². The fraction of sp³-hybridized carbons (Fsp3) is 0.480. The van der Waals surface area contributed by atoms with Crippen LogP contribution in [0.25, 0.3) is 21.2 Å². The largest absolute Gasteiger partial charge is 0.469 e. The number of ether oxygens (including phenoxy) is 2. The van der Waals surface area contributed by atoms with Crippen molar-refractivity contribution >= 4 is 28.6 Å². The number of carbonyl (C=O) groups excluding carboxylic acids is 3. The zero-order valence-corrected chi connectivity index (χ0v) is 19.9. The van der Waals surface area contributed by atoms with Gasteiger partial charge in [0.05, 0.1) is 25.1 Å². The van der Waals surface area contributed by atoms with Crippen LogP contribution in [0.2, 0.25) is 0 Å². The highest BCUT2D eigenvalue weighted by atomic mass is 16.6. The highest BCUT2D eigenvalue weighted by Crippen LogP contribution is 2.27. The van der Waals surface area contributed by atoms with Crippen LogP contribution in [-0.4, -0.2) is 54.1 Å². The molecular weight excluding hydrogens is 436 g/mol. The Kier molecular flexibility index (Phi) is 7.79. The highest BCUT2D eigenvalue weighted by Gasteiger charge is 2.42. The molecule has 0 radical (unpaired) electrons. The highest BCUT2D eigenvalue weighted by molar-refractivity contribution is 5.91. The second-order valence-electron chi connectivity index (χ2n) is 9.52. The number of likely N-dealkylation sites (tertiary alicyclic amines) is 1. The molecule has 34 heavy (non-hydrogen) atoms. The van der Waals surface area contributed by atoms with Gasteiger partial charge in [0.25, 0.3) is 0 Å². The van der Waals surface area contributed by atoms with Crippen LogP contribution in [-0.2, 0) is 25.5 Å². The molecule has 2 aromatic rings. The molecule has 180 valence electrons. The van der Waals surface area contributed by atoms with Crippen molar-refractivity contribution < 1.29 is 23.9 Å². The zero-order chi connectivity index (χ0) is 24.9. The molecule has 9 nitrogen and oxygen atoms in total. The SMILES string of the molecule is COC(=O)[C@@H](CC(=O)[C@@H]1C[C@H](N=[N+]=[N-])CN1C(=O)OC(C)(C)C)Cc1ccc2ccccc2c1. The average molecular weight is 467 g/mol. The summed E-state index contributed by atoms with van der Waals surface area (Å²) in [4.78, 5) is 42.7. The number of amides is 1. The predicted molar refractivity (Wildman–Crippen MR) is 127 cm³/mol. The van der Waals surface area contributed by atoms with Gasteiger partial charge >= 0.3 is 12.1 Å². The molecule has 1 saturated heterocycles. The van der Waals surface area contributed by atoms with Crippen LogP contribution in [0.3, 0.4) is 0 Å². The van der Waals surface area contributed by atoms with E-state index in [4.69, 9.17) is 15.0 Å². The summed E-state index contributed by atoms with van der Waals surface area (Å²) in [6.45, 7) is 5.29. The molecule has 0 aliphatic carbocycles. The number of methoxy groups -OCH3 is 1. The first-order chi connectivity index (χ1) is 16.1. The van der Waals surface area contributed by atoms with Gasteiger partial charge in [-0.1, -0.05) is 47.6 Å². The third-order valence-corrected chi connectivity index (χ3v) is 5.77. The molecule has 0 aromatic heterocycles. The minimum atomic E-state index is -0.839. The van der Waals surface area contributed by atoms with Crippen LogP contribution in [0.1, 0.15) is 39.2 Å². The summed E-state index contributed by atoms with van der Waals surface area (Å²) in [5.74, 6) is -1.50. The fourth-order valence-electron chi connectivity index (χ4n) is 4.23. The lowest BCUT2D eigenvalue weighted by atomic mass is 9.90. The summed E-state index contributed by atoms with van der Waals surface area (Å²) >= 11 is 0. The van der Waals surface area contributed by atoms with Crippen molar-refractivity contribution in [2.45, 2.75) is 57.7 Å². The van der Waals surface area contributed by atoms with Crippen LogP contribution < -0.4 is 0 Å². The standard InChI is InChI=1S/C25H30N4O5/c1-25(2,3)34-24(32)29-15-20(27-28-26)14-21(29)22(30)13-19(23(31)33-4)12-16-9-10-17-7-5-6-8-18(17)11-16/h5-11,19-21H,12-15H2,1-4H3/t19-,20+,21+/m1/s1. The maximum atomic E-state index is 13.3. The molecule has 9 heteroatoms. The monoisotopic (exact) mass is 466 g/mol. The Hall–Kier alpha value is -3.58. The molecule has 1 aliphatic rings. The van der Waals surface area contributed by atoms with Crippen LogP contribution in [0.4, 0.5) is 4.79 Å². The molecule has 0 unspecified atom stereocenters. The summed E-state index contributed by atoms with van der Waals surface area (Å²) in [5.41, 5.74) is 8.99. The lowest BCUT2D eigenvalue weighted by Crippen LogP contribution is -2.44. The molecule has 1 aliphatic heterocycles. The Bertz CT molecular complexity index is 1120. The first-order valence-corrected chi connectivity index (χ1v) is 11.2. The molecule has 0 spiro atoms. The zero-order valence-electron chi connectivity index (χ0n) is 19.9. The minimum absolute atomic E-state index is 0.0863. The van der Waals surface area contributed by atoms with Crippen molar-refractivity contribution in [1.82, 2.24) is 4.90 Å². The molecular formula is C25H30N4O5. The summed E-state index contributed by atoms with van der Waals surface area (Å²) in [5, 5.41) is 5.82. The number of rotatable bonds is 7. The summed E-state index contributed by atoms with van der Waals surface area (Å²) in [6.07, 6.45) is -0.244. The lowest BCUT2D eigenvalue weighted by Gasteiger charge is -2.28. The second kappa shape index (κ2) is 10.6. The smallest absolute Gasteiger partial charge is 0.410 e. The van der Waals surface area contributed by atoms with Crippen LogP contribution in [0.5, 0.6) is 0 Å². The van der Waals surface area contributed by atoms with E-state index < -0.39 is 35.7 Å². The van der Waals surface area contributed by atoms with E-state index in [2.05, 4.69) is 10.0 Å². The van der Waals surface area contributed by atoms with Crippen molar-refractivity contribution in [3.8, 4) is 0 Å². The normalized spacial score (nSPS) is 18.8. The van der Waals surface area contributed by atoms with Crippen LogP contribution in [0.15, 0.2) is 47.6 Å². The lowest BCUT2D eigenvalue weighted by molar-refractivity contribution is -0.147. The Balaban J connectivity index is 1.80. The number of nitrogens with zero attached hydrogens (tertiary/aromatic N) is 4. The predicted octanol–water partition coefficient (Wildman–Crippen LogP) is 4.82. The molecule has 0 bridgehead atoms. The Morgan fingerprint density at radius 1 is 1.18 bits per heavy atom. The summed E-state index contributed by atoms with van der Waals surface area (Å²) in [7, 11) is 1.29. The summed E-state index contributed by atoms with van der Waals surface area (Å²) in [6, 6.07) is 12.4. The molecule has 3 atom stereocenters. The van der Waals surface area contributed by atoms with E-state index in [0.29, 0.717) is 6.42 Å². The van der Waals surface area contributed by atoms with E-state index >= 15 is 0 Å². The Morgan fingerprint density at radius 3 is 2.53 bits per heavy atom. The van der Waals surface area contributed by atoms with Crippen molar-refractivity contribution in [3.63, 3.8) is 0 Å². The van der Waals surface area contributed by atoms with E-state index in [1.807, 2.05) is 42.5 Å². The van der Waals surface area contributed by atoms with Gasteiger partial charge in [0.2, 0.25) is 0 Å². The number of fused-ring (bicyclic) bond motifs is 1. The maximum absolute atomic E-state index is 13.3. The van der Waals surface area contributed by atoms with Crippen molar-refractivity contribution in [2.75, 3.05) is 13.7 Å². The maximum Gasteiger partial charge on any atom is 0.410 e. The quantitative estimate of drug-likeness (QED) is 0.251. The first-order valence-electron chi connectivity index (χ1n) is 11.2. The van der Waals surface area contributed by atoms with Crippen LogP contribution >= 0.6 is 0 Å². The number of ketones is 1. The number of benzene rings is 2.